The zero-order valence-electron chi connectivity index (χ0n) is 31.6. The molecule has 0 saturated carbocycles. The number of nitrogens with two attached hydrogens (primary N) is 1. The molecular formula is C34H62N4O19. The van der Waals surface area contributed by atoms with Gasteiger partial charge in [0.25, 0.3) is 0 Å². The Labute approximate surface area is 329 Å². The summed E-state index contributed by atoms with van der Waals surface area (Å²) in [6.07, 6.45) is -19.4. The van der Waals surface area contributed by atoms with E-state index in [9.17, 15) is 65.4 Å². The second-order valence-corrected chi connectivity index (χ2v) is 14.2. The summed E-state index contributed by atoms with van der Waals surface area (Å²) < 4.78 is 33.2. The summed E-state index contributed by atoms with van der Waals surface area (Å²) in [7, 11) is 0. The van der Waals surface area contributed by atoms with E-state index >= 15 is 0 Å². The number of amides is 2. The van der Waals surface area contributed by atoms with Crippen molar-refractivity contribution in [3.63, 3.8) is 0 Å². The highest BCUT2D eigenvalue weighted by Gasteiger charge is 2.52. The molecule has 23 nitrogen and oxygen atoms in total. The molecule has 0 aliphatic carbocycles. The molecule has 3 rings (SSSR count). The Hall–Kier alpha value is -2.11. The number of aldehydes is 1. The molecule has 3 heterocycles. The van der Waals surface area contributed by atoms with Gasteiger partial charge in [-0.1, -0.05) is 19.3 Å². The van der Waals surface area contributed by atoms with E-state index in [2.05, 4.69) is 16.2 Å². The van der Waals surface area contributed by atoms with Crippen molar-refractivity contribution in [1.82, 2.24) is 16.2 Å². The number of aliphatic hydroxyl groups is 10. The topological polar surface area (TPSA) is 371 Å². The first-order valence-electron chi connectivity index (χ1n) is 19.3. The second-order valence-electron chi connectivity index (χ2n) is 14.2. The van der Waals surface area contributed by atoms with Crippen molar-refractivity contribution in [2.75, 3.05) is 39.5 Å². The van der Waals surface area contributed by atoms with Crippen LogP contribution in [0.4, 0.5) is 0 Å². The number of rotatable bonds is 25. The average molecular weight is 831 g/mol. The molecule has 3 aliphatic rings. The molecule has 3 saturated heterocycles. The molecule has 2 amide bonds. The molecule has 0 aromatic heterocycles. The van der Waals surface area contributed by atoms with Gasteiger partial charge in [0, 0.05) is 19.4 Å². The molecular weight excluding hydrogens is 768 g/mol. The van der Waals surface area contributed by atoms with Crippen molar-refractivity contribution >= 4 is 18.1 Å². The smallest absolute Gasteiger partial charge is 0.234 e. The second kappa shape index (κ2) is 25.5. The van der Waals surface area contributed by atoms with E-state index in [0.717, 1.165) is 19.1 Å². The third-order valence-electron chi connectivity index (χ3n) is 9.85. The van der Waals surface area contributed by atoms with Gasteiger partial charge in [0.2, 0.25) is 11.8 Å². The third kappa shape index (κ3) is 14.8. The quantitative estimate of drug-likeness (QED) is 0.0231. The van der Waals surface area contributed by atoms with Gasteiger partial charge in [-0.2, -0.15) is 0 Å². The predicted molar refractivity (Wildman–Crippen MR) is 190 cm³/mol. The number of hydrogen-bond donors (Lipinski definition) is 14. The Morgan fingerprint density at radius 1 is 0.649 bits per heavy atom. The molecule has 23 heteroatoms. The summed E-state index contributed by atoms with van der Waals surface area (Å²) in [5.74, 6) is -0.551. The van der Waals surface area contributed by atoms with Gasteiger partial charge < -0.3 is 95.3 Å². The van der Waals surface area contributed by atoms with E-state index in [0.29, 0.717) is 38.6 Å². The highest BCUT2D eigenvalue weighted by molar-refractivity contribution is 5.76. The van der Waals surface area contributed by atoms with Gasteiger partial charge in [-0.25, -0.2) is 5.43 Å². The summed E-state index contributed by atoms with van der Waals surface area (Å²) in [4.78, 5) is 35.6. The molecule has 0 unspecified atom stereocenters. The summed E-state index contributed by atoms with van der Waals surface area (Å²) in [5, 5.41) is 105. The van der Waals surface area contributed by atoms with Crippen LogP contribution in [0.5, 0.6) is 0 Å². The van der Waals surface area contributed by atoms with Gasteiger partial charge in [-0.15, -0.1) is 0 Å². The van der Waals surface area contributed by atoms with Crippen LogP contribution in [-0.2, 0) is 42.8 Å². The van der Waals surface area contributed by atoms with Crippen LogP contribution in [0.2, 0.25) is 0 Å². The Bertz CT molecular complexity index is 1180. The minimum Gasteiger partial charge on any atom is -0.394 e. The highest BCUT2D eigenvalue weighted by Crippen LogP contribution is 2.31. The minimum absolute atomic E-state index is 0.0422. The summed E-state index contributed by atoms with van der Waals surface area (Å²) in [6, 6.07) is -0.488. The molecule has 3 aliphatic heterocycles. The summed E-state index contributed by atoms with van der Waals surface area (Å²) >= 11 is 0. The van der Waals surface area contributed by atoms with Crippen molar-refractivity contribution in [2.24, 2.45) is 5.73 Å². The lowest BCUT2D eigenvalue weighted by Crippen LogP contribution is -2.65. The molecule has 332 valence electrons. The van der Waals surface area contributed by atoms with Crippen LogP contribution in [0.3, 0.4) is 0 Å². The van der Waals surface area contributed by atoms with Crippen molar-refractivity contribution in [2.45, 2.75) is 156 Å². The molecule has 0 bridgehead atoms. The fraction of sp³-hybridized carbons (Fsp3) is 0.912. The molecule has 0 aromatic carbocycles. The predicted octanol–water partition coefficient (Wildman–Crippen LogP) is -6.77. The largest absolute Gasteiger partial charge is 0.394 e. The molecule has 0 aromatic rings. The number of hydrogen-bond acceptors (Lipinski definition) is 21. The van der Waals surface area contributed by atoms with Crippen LogP contribution in [-0.4, -0.2) is 207 Å². The lowest BCUT2D eigenvalue weighted by atomic mass is 9.96. The van der Waals surface area contributed by atoms with Gasteiger partial charge in [-0.3, -0.25) is 15.0 Å². The van der Waals surface area contributed by atoms with Crippen LogP contribution < -0.4 is 21.9 Å². The monoisotopic (exact) mass is 830 g/mol. The van der Waals surface area contributed by atoms with Crippen LogP contribution in [0.1, 0.15) is 57.8 Å². The first kappa shape index (κ1) is 49.3. The highest BCUT2D eigenvalue weighted by atomic mass is 16.7. The van der Waals surface area contributed by atoms with Crippen LogP contribution >= 0.6 is 0 Å². The van der Waals surface area contributed by atoms with Crippen molar-refractivity contribution in [3.05, 3.63) is 0 Å². The molecule has 16 atom stereocenters. The van der Waals surface area contributed by atoms with Crippen LogP contribution in [0, 0.1) is 0 Å². The maximum Gasteiger partial charge on any atom is 0.234 e. The Morgan fingerprint density at radius 3 is 1.81 bits per heavy atom. The number of carbonyl (C=O) groups is 3. The van der Waals surface area contributed by atoms with E-state index in [1.54, 1.807) is 0 Å². The number of ether oxygens (including phenoxy) is 6. The van der Waals surface area contributed by atoms with Gasteiger partial charge in [0.1, 0.15) is 79.5 Å². The standard InChI is InChI=1S/C34H62N4O19/c35-10-6-5-7-17(13-39)37-38-22(43)9-4-2-1-3-8-21(42)36-11-12-52-33-30(51)31(57-34-29(50)27(48)24(45)19(15-41)55-34)25(46)20(56-33)16-53-32-28(49)26(47)23(44)18(14-40)54-32/h13,17-20,23-34,37,40-41,44-51H,1-12,14-16,35H2,(H,36,42)(H,38,43)/t17-,18+,19+,20+,23+,24+,25+,26-,27-,28-,29-,30-,31-,32-,33+,34+/m0/s1. The molecule has 3 fully saturated rings. The molecule has 57 heavy (non-hydrogen) atoms. The van der Waals surface area contributed by atoms with Gasteiger partial charge in [0.05, 0.1) is 32.5 Å². The summed E-state index contributed by atoms with van der Waals surface area (Å²) in [6.45, 7) is -1.88. The van der Waals surface area contributed by atoms with E-state index < -0.39 is 118 Å². The van der Waals surface area contributed by atoms with Crippen molar-refractivity contribution in [3.8, 4) is 0 Å². The maximum absolute atomic E-state index is 12.4. The van der Waals surface area contributed by atoms with Gasteiger partial charge >= 0.3 is 0 Å². The first-order chi connectivity index (χ1) is 27.3. The van der Waals surface area contributed by atoms with Gasteiger partial charge in [-0.05, 0) is 32.2 Å². The average Bonchev–Trinajstić information content (AvgIpc) is 3.20. The number of hydrazine groups is 1. The van der Waals surface area contributed by atoms with E-state index in [-0.39, 0.29) is 37.8 Å². The maximum atomic E-state index is 12.4. The lowest BCUT2D eigenvalue weighted by Gasteiger charge is -2.46. The number of aliphatic hydroxyl groups excluding tert-OH is 10. The Kier molecular flexibility index (Phi) is 22.0. The molecule has 0 spiro atoms. The van der Waals surface area contributed by atoms with Crippen molar-refractivity contribution < 1.29 is 93.9 Å². The van der Waals surface area contributed by atoms with Gasteiger partial charge in [0.15, 0.2) is 18.9 Å². The fourth-order valence-corrected chi connectivity index (χ4v) is 6.37. The number of nitrogens with one attached hydrogen (secondary N) is 3. The van der Waals surface area contributed by atoms with Crippen LogP contribution in [0.25, 0.3) is 0 Å². The number of carbonyl (C=O) groups excluding carboxylic acids is 3. The zero-order valence-corrected chi connectivity index (χ0v) is 31.6. The van der Waals surface area contributed by atoms with Crippen molar-refractivity contribution in [1.29, 1.82) is 0 Å². The first-order valence-corrected chi connectivity index (χ1v) is 19.3. The SMILES string of the molecule is NCCCC[C@@H](C=O)NNC(=O)CCCCCCC(=O)NCCO[C@@H]1O[C@H](CO[C@H]2O[C@H](CO)[C@@H](O)[C@H](O)[C@@H]2O)[C@@H](O)[C@H](O[C@H]2O[C@H](CO)[C@@H](O)[C@H](O)[C@@H]2O)[C@@H]1O. The Balaban J connectivity index is 1.48. The number of unbranched alkanes of at least 4 members (excludes halogenated alkanes) is 4. The lowest BCUT2D eigenvalue weighted by molar-refractivity contribution is -0.366. The zero-order chi connectivity index (χ0) is 42.1. The Morgan fingerprint density at radius 2 is 1.21 bits per heavy atom. The van der Waals surface area contributed by atoms with E-state index in [1.165, 1.54) is 0 Å². The summed E-state index contributed by atoms with van der Waals surface area (Å²) in [5.41, 5.74) is 10.7. The molecule has 0 radical (unpaired) electrons. The van der Waals surface area contributed by atoms with E-state index in [4.69, 9.17) is 34.2 Å². The molecule has 15 N–H and O–H groups in total. The van der Waals surface area contributed by atoms with Crippen LogP contribution in [0.15, 0.2) is 0 Å². The third-order valence-corrected chi connectivity index (χ3v) is 9.85. The normalized spacial score (nSPS) is 36.4. The van der Waals surface area contributed by atoms with E-state index in [1.807, 2.05) is 0 Å². The minimum atomic E-state index is -1.90. The fourth-order valence-electron chi connectivity index (χ4n) is 6.37.